The number of methoxy groups -OCH3 is 1. The van der Waals surface area contributed by atoms with Crippen LogP contribution >= 0.6 is 11.6 Å². The van der Waals surface area contributed by atoms with Gasteiger partial charge in [0.15, 0.2) is 0 Å². The second kappa shape index (κ2) is 15.1. The highest BCUT2D eigenvalue weighted by molar-refractivity contribution is 7.92. The van der Waals surface area contributed by atoms with Gasteiger partial charge in [-0.25, -0.2) is 8.42 Å². The molecule has 0 bridgehead atoms. The van der Waals surface area contributed by atoms with Gasteiger partial charge in [0.1, 0.15) is 18.3 Å². The summed E-state index contributed by atoms with van der Waals surface area (Å²) in [5, 5.41) is 3.13. The molecule has 8 nitrogen and oxygen atoms in total. The smallest absolute Gasteiger partial charge is 0.264 e. The van der Waals surface area contributed by atoms with Gasteiger partial charge < -0.3 is 15.0 Å². The maximum atomic E-state index is 14.5. The predicted octanol–water partition coefficient (Wildman–Crippen LogP) is 5.94. The van der Waals surface area contributed by atoms with Gasteiger partial charge in [-0.3, -0.25) is 13.9 Å². The molecule has 0 aliphatic rings. The van der Waals surface area contributed by atoms with Crippen molar-refractivity contribution in [2.24, 2.45) is 0 Å². The van der Waals surface area contributed by atoms with Crippen molar-refractivity contribution in [1.29, 1.82) is 0 Å². The zero-order valence-electron chi connectivity index (χ0n) is 25.9. The van der Waals surface area contributed by atoms with Crippen LogP contribution in [-0.2, 0) is 32.6 Å². The minimum atomic E-state index is -4.30. The van der Waals surface area contributed by atoms with Gasteiger partial charge in [-0.15, -0.1) is 0 Å². The Hall–Kier alpha value is -4.34. The maximum absolute atomic E-state index is 14.5. The van der Waals surface area contributed by atoms with Gasteiger partial charge in [0.2, 0.25) is 11.8 Å². The van der Waals surface area contributed by atoms with Crippen LogP contribution in [-0.4, -0.2) is 51.4 Å². The Bertz CT molecular complexity index is 1710. The number of halogens is 1. The average Bonchev–Trinajstić information content (AvgIpc) is 3.03. The molecule has 10 heteroatoms. The minimum absolute atomic E-state index is 0.00225. The standard InChI is InChI=1S/C35H38ClN3O5S/c1-5-37-35(41)32(21-27-9-7-6-8-10-27)38(23-28-15-11-25(2)12-16-28)34(40)24-39(31-22-29(36)17-20-33(31)44-4)45(42,43)30-18-13-26(3)14-19-30/h6-20,22,32H,5,21,23-24H2,1-4H3,(H,37,41)/t32-/m0/s1. The Kier molecular flexibility index (Phi) is 11.3. The molecule has 0 saturated carbocycles. The fraction of sp³-hybridized carbons (Fsp3) is 0.257. The molecule has 0 radical (unpaired) electrons. The van der Waals surface area contributed by atoms with E-state index in [2.05, 4.69) is 5.32 Å². The van der Waals surface area contributed by atoms with E-state index in [1.165, 1.54) is 30.2 Å². The van der Waals surface area contributed by atoms with Crippen molar-refractivity contribution in [2.75, 3.05) is 24.5 Å². The summed E-state index contributed by atoms with van der Waals surface area (Å²) in [7, 11) is -2.88. The van der Waals surface area contributed by atoms with Crippen LogP contribution in [0.15, 0.2) is 102 Å². The normalized spacial score (nSPS) is 11.8. The van der Waals surface area contributed by atoms with E-state index < -0.39 is 28.5 Å². The second-order valence-corrected chi connectivity index (χ2v) is 13.0. The summed E-state index contributed by atoms with van der Waals surface area (Å²) in [4.78, 5) is 29.6. The van der Waals surface area contributed by atoms with Crippen LogP contribution in [0.4, 0.5) is 5.69 Å². The first-order valence-corrected chi connectivity index (χ1v) is 16.4. The van der Waals surface area contributed by atoms with Crippen LogP contribution in [0.2, 0.25) is 5.02 Å². The van der Waals surface area contributed by atoms with E-state index in [-0.39, 0.29) is 40.2 Å². The van der Waals surface area contributed by atoms with Gasteiger partial charge in [0, 0.05) is 24.5 Å². The molecule has 4 aromatic rings. The van der Waals surface area contributed by atoms with Crippen molar-refractivity contribution >= 4 is 39.1 Å². The van der Waals surface area contributed by atoms with Crippen molar-refractivity contribution < 1.29 is 22.7 Å². The van der Waals surface area contributed by atoms with E-state index in [0.29, 0.717) is 6.54 Å². The zero-order chi connectivity index (χ0) is 32.6. The van der Waals surface area contributed by atoms with Crippen LogP contribution in [0.25, 0.3) is 0 Å². The molecule has 4 rings (SSSR count). The zero-order valence-corrected chi connectivity index (χ0v) is 27.4. The molecule has 2 amide bonds. The van der Waals surface area contributed by atoms with Crippen molar-refractivity contribution in [3.63, 3.8) is 0 Å². The lowest BCUT2D eigenvalue weighted by Gasteiger charge is -2.34. The molecule has 0 aromatic heterocycles. The van der Waals surface area contributed by atoms with E-state index in [1.54, 1.807) is 24.3 Å². The number of sulfonamides is 1. The lowest BCUT2D eigenvalue weighted by Crippen LogP contribution is -2.53. The molecule has 45 heavy (non-hydrogen) atoms. The number of amides is 2. The molecular formula is C35H38ClN3O5S. The molecule has 0 unspecified atom stereocenters. The molecule has 0 saturated heterocycles. The minimum Gasteiger partial charge on any atom is -0.495 e. The van der Waals surface area contributed by atoms with Crippen molar-refractivity contribution in [2.45, 2.75) is 44.7 Å². The first-order valence-electron chi connectivity index (χ1n) is 14.6. The number of carbonyl (C=O) groups excluding carboxylic acids is 2. The molecular weight excluding hydrogens is 610 g/mol. The highest BCUT2D eigenvalue weighted by Gasteiger charge is 2.35. The molecule has 0 heterocycles. The fourth-order valence-electron chi connectivity index (χ4n) is 4.95. The van der Waals surface area contributed by atoms with E-state index in [4.69, 9.17) is 16.3 Å². The number of nitrogens with zero attached hydrogens (tertiary/aromatic N) is 2. The van der Waals surface area contributed by atoms with E-state index in [1.807, 2.05) is 75.4 Å². The largest absolute Gasteiger partial charge is 0.495 e. The summed E-state index contributed by atoms with van der Waals surface area (Å²) in [5.41, 5.74) is 3.68. The Morgan fingerprint density at radius 1 is 0.867 bits per heavy atom. The van der Waals surface area contributed by atoms with Gasteiger partial charge in [-0.05, 0) is 62.2 Å². The van der Waals surface area contributed by atoms with E-state index >= 15 is 0 Å². The lowest BCUT2D eigenvalue weighted by atomic mass is 10.0. The third kappa shape index (κ3) is 8.44. The van der Waals surface area contributed by atoms with Gasteiger partial charge in [0.25, 0.3) is 10.0 Å². The Labute approximate surface area is 270 Å². The summed E-state index contributed by atoms with van der Waals surface area (Å²) in [6, 6.07) is 27.1. The van der Waals surface area contributed by atoms with Gasteiger partial charge in [-0.1, -0.05) is 89.5 Å². The van der Waals surface area contributed by atoms with Gasteiger partial charge in [0.05, 0.1) is 17.7 Å². The predicted molar refractivity (Wildman–Crippen MR) is 178 cm³/mol. The molecule has 0 spiro atoms. The number of nitrogens with one attached hydrogen (secondary N) is 1. The monoisotopic (exact) mass is 647 g/mol. The number of aryl methyl sites for hydroxylation is 2. The third-order valence-electron chi connectivity index (χ3n) is 7.39. The number of benzene rings is 4. The number of carbonyl (C=O) groups is 2. The number of hydrogen-bond donors (Lipinski definition) is 1. The highest BCUT2D eigenvalue weighted by Crippen LogP contribution is 2.35. The third-order valence-corrected chi connectivity index (χ3v) is 9.40. The summed E-state index contributed by atoms with van der Waals surface area (Å²) in [6.07, 6.45) is 0.232. The summed E-state index contributed by atoms with van der Waals surface area (Å²) >= 11 is 6.35. The molecule has 4 aromatic carbocycles. The molecule has 0 fully saturated rings. The Balaban J connectivity index is 1.84. The van der Waals surface area contributed by atoms with Crippen molar-refractivity contribution in [3.8, 4) is 5.75 Å². The summed E-state index contributed by atoms with van der Waals surface area (Å²) in [6.45, 7) is 5.47. The average molecular weight is 648 g/mol. The van der Waals surface area contributed by atoms with Gasteiger partial charge in [-0.2, -0.15) is 0 Å². The quantitative estimate of drug-likeness (QED) is 0.194. The fourth-order valence-corrected chi connectivity index (χ4v) is 6.53. The number of likely N-dealkylation sites (N-methyl/N-ethyl adjacent to an activating group) is 1. The molecule has 0 aliphatic heterocycles. The first-order chi connectivity index (χ1) is 21.5. The molecule has 1 atom stereocenters. The number of ether oxygens (including phenoxy) is 1. The van der Waals surface area contributed by atoms with Crippen LogP contribution in [0, 0.1) is 13.8 Å². The van der Waals surface area contributed by atoms with Gasteiger partial charge >= 0.3 is 0 Å². The lowest BCUT2D eigenvalue weighted by molar-refractivity contribution is -0.140. The molecule has 0 aliphatic carbocycles. The topological polar surface area (TPSA) is 96.0 Å². The van der Waals surface area contributed by atoms with Crippen LogP contribution in [0.3, 0.4) is 0 Å². The number of rotatable bonds is 13. The SMILES string of the molecule is CCNC(=O)[C@H](Cc1ccccc1)N(Cc1ccc(C)cc1)C(=O)CN(c1cc(Cl)ccc1OC)S(=O)(=O)c1ccc(C)cc1. The van der Waals surface area contributed by atoms with E-state index in [9.17, 15) is 18.0 Å². The first kappa shape index (κ1) is 33.6. The molecule has 236 valence electrons. The number of anilines is 1. The summed E-state index contributed by atoms with van der Waals surface area (Å²) < 4.78 is 35.0. The van der Waals surface area contributed by atoms with Crippen LogP contribution in [0.1, 0.15) is 29.2 Å². The Morgan fingerprint density at radius 3 is 2.09 bits per heavy atom. The van der Waals surface area contributed by atoms with Crippen molar-refractivity contribution in [1.82, 2.24) is 10.2 Å². The van der Waals surface area contributed by atoms with E-state index in [0.717, 1.165) is 26.6 Å². The van der Waals surface area contributed by atoms with Crippen LogP contribution in [0.5, 0.6) is 5.75 Å². The second-order valence-electron chi connectivity index (χ2n) is 10.7. The molecule has 1 N–H and O–H groups in total. The number of hydrogen-bond acceptors (Lipinski definition) is 5. The Morgan fingerprint density at radius 2 is 1.49 bits per heavy atom. The van der Waals surface area contributed by atoms with Crippen molar-refractivity contribution in [3.05, 3.63) is 124 Å². The van der Waals surface area contributed by atoms with Crippen LogP contribution < -0.4 is 14.4 Å². The summed E-state index contributed by atoms with van der Waals surface area (Å²) in [5.74, 6) is -0.687. The highest BCUT2D eigenvalue weighted by atomic mass is 35.5. The maximum Gasteiger partial charge on any atom is 0.264 e.